The second-order valence-electron chi connectivity index (χ2n) is 12.8. The zero-order valence-electron chi connectivity index (χ0n) is 27.9. The SMILES string of the molecule is CC(C)N1CCN(c2ccc(-c3cc(Nc4ccc(N5CCOCC5)nn4)c4nc(-c5ccc(S(C)(=O)=O)cc5)n(C)c4c3)cc2)CC1. The average Bonchev–Trinajstić information content (AvgIpc) is 3.45. The normalized spacial score (nSPS) is 16.2. The van der Waals surface area contributed by atoms with E-state index in [2.05, 4.69) is 85.0 Å². The number of morpholine rings is 1. The van der Waals surface area contributed by atoms with E-state index < -0.39 is 9.84 Å². The van der Waals surface area contributed by atoms with E-state index >= 15 is 0 Å². The number of aromatic nitrogens is 4. The highest BCUT2D eigenvalue weighted by Gasteiger charge is 2.21. The number of benzene rings is 3. The maximum Gasteiger partial charge on any atom is 0.175 e. The molecule has 1 N–H and O–H groups in total. The predicted octanol–water partition coefficient (Wildman–Crippen LogP) is 5.21. The summed E-state index contributed by atoms with van der Waals surface area (Å²) >= 11 is 0. The van der Waals surface area contributed by atoms with Gasteiger partial charge >= 0.3 is 0 Å². The van der Waals surface area contributed by atoms with Gasteiger partial charge in [0.1, 0.15) is 11.3 Å². The van der Waals surface area contributed by atoms with Crippen LogP contribution in [0, 0.1) is 0 Å². The summed E-state index contributed by atoms with van der Waals surface area (Å²) in [6, 6.07) is 24.4. The molecule has 2 aromatic heterocycles. The molecule has 0 bridgehead atoms. The van der Waals surface area contributed by atoms with Gasteiger partial charge < -0.3 is 24.4 Å². The molecule has 2 aliphatic heterocycles. The fraction of sp³-hybridized carbons (Fsp3) is 0.361. The van der Waals surface area contributed by atoms with Crippen LogP contribution < -0.4 is 15.1 Å². The Bertz CT molecular complexity index is 2000. The van der Waals surface area contributed by atoms with Crippen molar-refractivity contribution >= 4 is 43.9 Å². The maximum absolute atomic E-state index is 12.1. The van der Waals surface area contributed by atoms with Gasteiger partial charge in [0.15, 0.2) is 21.5 Å². The molecule has 0 atom stereocenters. The van der Waals surface area contributed by atoms with E-state index in [1.54, 1.807) is 24.3 Å². The smallest absolute Gasteiger partial charge is 0.175 e. The Morgan fingerprint density at radius 1 is 0.771 bits per heavy atom. The van der Waals surface area contributed by atoms with Crippen molar-refractivity contribution in [3.63, 3.8) is 0 Å². The third kappa shape index (κ3) is 6.60. The Morgan fingerprint density at radius 3 is 2.08 bits per heavy atom. The minimum atomic E-state index is -3.31. The molecule has 2 fully saturated rings. The summed E-state index contributed by atoms with van der Waals surface area (Å²) in [7, 11) is -1.32. The third-order valence-corrected chi connectivity index (χ3v) is 10.5. The summed E-state index contributed by atoms with van der Waals surface area (Å²) in [5.74, 6) is 2.17. The van der Waals surface area contributed by atoms with E-state index in [-0.39, 0.29) is 4.90 Å². The van der Waals surface area contributed by atoms with Gasteiger partial charge in [-0.05, 0) is 85.6 Å². The number of sulfone groups is 1. The van der Waals surface area contributed by atoms with Crippen LogP contribution in [0.2, 0.25) is 0 Å². The van der Waals surface area contributed by atoms with Crippen LogP contribution in [0.15, 0.2) is 77.7 Å². The van der Waals surface area contributed by atoms with Gasteiger partial charge in [0.05, 0.1) is 29.3 Å². The average molecular weight is 667 g/mol. The lowest BCUT2D eigenvalue weighted by atomic mass is 10.0. The molecular formula is C36H42N8O3S. The van der Waals surface area contributed by atoms with Crippen molar-refractivity contribution in [3.8, 4) is 22.5 Å². The number of aryl methyl sites for hydroxylation is 1. The van der Waals surface area contributed by atoms with Gasteiger partial charge in [0.25, 0.3) is 0 Å². The van der Waals surface area contributed by atoms with Gasteiger partial charge in [0, 0.05) is 69.9 Å². The molecule has 0 aliphatic carbocycles. The maximum atomic E-state index is 12.1. The zero-order valence-corrected chi connectivity index (χ0v) is 28.7. The van der Waals surface area contributed by atoms with Gasteiger partial charge in [-0.1, -0.05) is 12.1 Å². The van der Waals surface area contributed by atoms with Gasteiger partial charge in [-0.3, -0.25) is 4.90 Å². The molecule has 7 rings (SSSR count). The first-order valence-corrected chi connectivity index (χ1v) is 18.4. The minimum absolute atomic E-state index is 0.277. The minimum Gasteiger partial charge on any atom is -0.378 e. The number of rotatable bonds is 8. The van der Waals surface area contributed by atoms with Crippen molar-refractivity contribution in [3.05, 3.63) is 72.8 Å². The van der Waals surface area contributed by atoms with Crippen molar-refractivity contribution in [2.24, 2.45) is 7.05 Å². The molecule has 0 amide bonds. The highest BCUT2D eigenvalue weighted by Crippen LogP contribution is 2.36. The molecule has 4 heterocycles. The Balaban J connectivity index is 1.23. The lowest BCUT2D eigenvalue weighted by molar-refractivity contribution is 0.122. The van der Waals surface area contributed by atoms with Crippen molar-refractivity contribution < 1.29 is 13.2 Å². The summed E-state index contributed by atoms with van der Waals surface area (Å²) in [4.78, 5) is 12.5. The van der Waals surface area contributed by atoms with Crippen molar-refractivity contribution in [2.75, 3.05) is 73.9 Å². The number of nitrogens with zero attached hydrogens (tertiary/aromatic N) is 7. The van der Waals surface area contributed by atoms with Crippen LogP contribution >= 0.6 is 0 Å². The number of hydrogen-bond donors (Lipinski definition) is 1. The summed E-state index contributed by atoms with van der Waals surface area (Å²) in [6.07, 6.45) is 1.21. The van der Waals surface area contributed by atoms with E-state index in [1.165, 1.54) is 11.9 Å². The molecule has 250 valence electrons. The molecule has 11 nitrogen and oxygen atoms in total. The van der Waals surface area contributed by atoms with Crippen LogP contribution in [0.4, 0.5) is 23.0 Å². The topological polar surface area (TPSA) is 109 Å². The largest absolute Gasteiger partial charge is 0.378 e. The summed E-state index contributed by atoms with van der Waals surface area (Å²) in [5, 5.41) is 12.5. The molecule has 0 radical (unpaired) electrons. The van der Waals surface area contributed by atoms with E-state index in [1.807, 2.05) is 19.2 Å². The Hall–Kier alpha value is -4.52. The first kappa shape index (κ1) is 32.0. The fourth-order valence-corrected chi connectivity index (χ4v) is 7.14. The molecule has 2 saturated heterocycles. The molecule has 12 heteroatoms. The van der Waals surface area contributed by atoms with Gasteiger partial charge in [0.2, 0.25) is 0 Å². The molecule has 0 spiro atoms. The number of hydrogen-bond acceptors (Lipinski definition) is 10. The summed E-state index contributed by atoms with van der Waals surface area (Å²) in [6.45, 7) is 11.6. The molecule has 2 aliphatic rings. The first-order valence-electron chi connectivity index (χ1n) is 16.5. The van der Waals surface area contributed by atoms with E-state index in [9.17, 15) is 8.42 Å². The lowest BCUT2D eigenvalue weighted by Gasteiger charge is -2.38. The third-order valence-electron chi connectivity index (χ3n) is 9.39. The van der Waals surface area contributed by atoms with Crippen LogP contribution in [0.3, 0.4) is 0 Å². The molecule has 3 aromatic carbocycles. The van der Waals surface area contributed by atoms with Gasteiger partial charge in [-0.2, -0.15) is 0 Å². The monoisotopic (exact) mass is 666 g/mol. The number of ether oxygens (including phenoxy) is 1. The molecular weight excluding hydrogens is 625 g/mol. The second kappa shape index (κ2) is 13.2. The van der Waals surface area contributed by atoms with E-state index in [0.717, 1.165) is 84.3 Å². The number of nitrogens with one attached hydrogen (secondary N) is 1. The Kier molecular flexibility index (Phi) is 8.80. The van der Waals surface area contributed by atoms with E-state index in [4.69, 9.17) is 9.72 Å². The standard InChI is InChI=1S/C36H42N8O3S/c1-25(2)42-15-17-43(18-16-42)29-9-5-26(6-10-29)28-23-31(37-33-13-14-34(40-39-33)44-19-21-47-22-20-44)35-32(24-28)41(3)36(38-35)27-7-11-30(12-8-27)48(4,45)46/h5-14,23-25H,15-22H2,1-4H3,(H,37,39). The van der Waals surface area contributed by atoms with Crippen LogP contribution in [0.25, 0.3) is 33.5 Å². The van der Waals surface area contributed by atoms with Crippen LogP contribution in [-0.4, -0.2) is 97.8 Å². The Morgan fingerprint density at radius 2 is 1.46 bits per heavy atom. The van der Waals surface area contributed by atoms with Crippen molar-refractivity contribution in [1.29, 1.82) is 0 Å². The lowest BCUT2D eigenvalue weighted by Crippen LogP contribution is -2.48. The number of fused-ring (bicyclic) bond motifs is 1. The first-order chi connectivity index (χ1) is 23.1. The molecule has 5 aromatic rings. The van der Waals surface area contributed by atoms with Crippen molar-refractivity contribution in [1.82, 2.24) is 24.6 Å². The summed E-state index contributed by atoms with van der Waals surface area (Å²) < 4.78 is 31.7. The van der Waals surface area contributed by atoms with Crippen LogP contribution in [-0.2, 0) is 21.6 Å². The Labute approximate surface area is 282 Å². The number of anilines is 4. The predicted molar refractivity (Wildman–Crippen MR) is 192 cm³/mol. The number of imidazole rings is 1. The van der Waals surface area contributed by atoms with Gasteiger partial charge in [-0.25, -0.2) is 13.4 Å². The molecule has 0 unspecified atom stereocenters. The molecule has 48 heavy (non-hydrogen) atoms. The van der Waals surface area contributed by atoms with Crippen molar-refractivity contribution in [2.45, 2.75) is 24.8 Å². The molecule has 0 saturated carbocycles. The van der Waals surface area contributed by atoms with Crippen LogP contribution in [0.5, 0.6) is 0 Å². The zero-order chi connectivity index (χ0) is 33.4. The van der Waals surface area contributed by atoms with Crippen LogP contribution in [0.1, 0.15) is 13.8 Å². The highest BCUT2D eigenvalue weighted by atomic mass is 32.2. The summed E-state index contributed by atoms with van der Waals surface area (Å²) in [5.41, 5.74) is 6.72. The second-order valence-corrected chi connectivity index (χ2v) is 14.9. The highest BCUT2D eigenvalue weighted by molar-refractivity contribution is 7.90. The van der Waals surface area contributed by atoms with Gasteiger partial charge in [-0.15, -0.1) is 10.2 Å². The van der Waals surface area contributed by atoms with E-state index in [0.29, 0.717) is 25.1 Å². The fourth-order valence-electron chi connectivity index (χ4n) is 6.51. The quantitative estimate of drug-likeness (QED) is 0.237. The number of piperazine rings is 1.